The highest BCUT2D eigenvalue weighted by atomic mass is 16.5. The van der Waals surface area contributed by atoms with Crippen LogP contribution in [-0.2, 0) is 4.79 Å². The number of rotatable bonds is 5. The number of nitrogens with zero attached hydrogens (tertiary/aromatic N) is 2. The minimum atomic E-state index is -0.318. The summed E-state index contributed by atoms with van der Waals surface area (Å²) in [5.74, 6) is 0.558. The van der Waals surface area contributed by atoms with Gasteiger partial charge in [-0.3, -0.25) is 4.79 Å². The van der Waals surface area contributed by atoms with Gasteiger partial charge >= 0.3 is 0 Å². The third-order valence-electron chi connectivity index (χ3n) is 3.54. The van der Waals surface area contributed by atoms with E-state index < -0.39 is 0 Å². The second kappa shape index (κ2) is 6.93. The maximum absolute atomic E-state index is 12.4. The van der Waals surface area contributed by atoms with Crippen molar-refractivity contribution in [3.8, 4) is 5.75 Å². The average molecular weight is 300 g/mol. The molecule has 0 bridgehead atoms. The van der Waals surface area contributed by atoms with Crippen molar-refractivity contribution in [1.29, 1.82) is 0 Å². The summed E-state index contributed by atoms with van der Waals surface area (Å²) in [5, 5.41) is 2.90. The molecule has 5 heteroatoms. The molecule has 0 fully saturated rings. The number of ether oxygens (including phenoxy) is 1. The number of hydrogen-bond donors (Lipinski definition) is 1. The van der Waals surface area contributed by atoms with Crippen molar-refractivity contribution in [2.45, 2.75) is 13.0 Å². The van der Waals surface area contributed by atoms with Crippen LogP contribution in [0.25, 0.3) is 0 Å². The molecule has 1 atom stereocenters. The molecule has 0 unspecified atom stereocenters. The normalized spacial score (nSPS) is 11.6. The second-order valence-corrected chi connectivity index (χ2v) is 5.26. The lowest BCUT2D eigenvalue weighted by Crippen LogP contribution is -2.44. The van der Waals surface area contributed by atoms with Gasteiger partial charge in [0.15, 0.2) is 12.4 Å². The minimum absolute atomic E-state index is 0.0906. The Morgan fingerprint density at radius 2 is 1.82 bits per heavy atom. The summed E-state index contributed by atoms with van der Waals surface area (Å²) < 4.78 is 7.12. The topological polar surface area (TPSA) is 45.5 Å². The number of methoxy groups -OCH3 is 1. The highest BCUT2D eigenvalue weighted by molar-refractivity contribution is 5.93. The number of anilines is 2. The van der Waals surface area contributed by atoms with Gasteiger partial charge in [-0.15, -0.1) is 0 Å². The Morgan fingerprint density at radius 3 is 2.41 bits per heavy atom. The zero-order valence-electron chi connectivity index (χ0n) is 13.4. The second-order valence-electron chi connectivity index (χ2n) is 5.26. The van der Waals surface area contributed by atoms with E-state index in [1.807, 2.05) is 79.3 Å². The molecule has 116 valence electrons. The molecule has 1 N–H and O–H groups in total. The summed E-state index contributed by atoms with van der Waals surface area (Å²) in [6.45, 7) is 1.86. The van der Waals surface area contributed by atoms with Crippen molar-refractivity contribution >= 4 is 17.3 Å². The van der Waals surface area contributed by atoms with Crippen molar-refractivity contribution < 1.29 is 14.1 Å². The Balaban J connectivity index is 2.11. The number of aromatic nitrogens is 1. The number of para-hydroxylation sites is 2. The highest BCUT2D eigenvalue weighted by Crippen LogP contribution is 2.23. The Bertz CT molecular complexity index is 639. The predicted octanol–water partition coefficient (Wildman–Crippen LogP) is 2.25. The SMILES string of the molecule is COc1ccccc1NC(=O)[C@H](C)[n+]1ccc(N(C)C)cc1. The molecular weight excluding hydrogens is 278 g/mol. The molecule has 1 amide bonds. The first-order valence-corrected chi connectivity index (χ1v) is 7.15. The van der Waals surface area contributed by atoms with E-state index in [4.69, 9.17) is 4.74 Å². The van der Waals surface area contributed by atoms with Gasteiger partial charge in [-0.1, -0.05) is 12.1 Å². The van der Waals surface area contributed by atoms with E-state index in [1.165, 1.54) is 0 Å². The fourth-order valence-corrected chi connectivity index (χ4v) is 2.11. The molecule has 0 radical (unpaired) electrons. The van der Waals surface area contributed by atoms with Crippen LogP contribution in [0.15, 0.2) is 48.8 Å². The van der Waals surface area contributed by atoms with Gasteiger partial charge in [0.2, 0.25) is 6.04 Å². The van der Waals surface area contributed by atoms with E-state index in [9.17, 15) is 4.79 Å². The van der Waals surface area contributed by atoms with Crippen LogP contribution in [0, 0.1) is 0 Å². The lowest BCUT2D eigenvalue weighted by atomic mass is 10.2. The first-order chi connectivity index (χ1) is 10.5. The summed E-state index contributed by atoms with van der Waals surface area (Å²) in [4.78, 5) is 14.4. The first-order valence-electron chi connectivity index (χ1n) is 7.15. The largest absolute Gasteiger partial charge is 0.495 e. The molecule has 0 aliphatic rings. The van der Waals surface area contributed by atoms with Crippen LogP contribution in [0.3, 0.4) is 0 Å². The Hall–Kier alpha value is -2.56. The van der Waals surface area contributed by atoms with Gasteiger partial charge < -0.3 is 15.0 Å². The summed E-state index contributed by atoms with van der Waals surface area (Å²) >= 11 is 0. The van der Waals surface area contributed by atoms with Gasteiger partial charge in [0.1, 0.15) is 5.75 Å². The van der Waals surface area contributed by atoms with E-state index in [1.54, 1.807) is 7.11 Å². The molecule has 1 heterocycles. The van der Waals surface area contributed by atoms with Crippen LogP contribution in [0.5, 0.6) is 5.75 Å². The van der Waals surface area contributed by atoms with E-state index in [0.29, 0.717) is 11.4 Å². The maximum Gasteiger partial charge on any atom is 0.293 e. The fraction of sp³-hybridized carbons (Fsp3) is 0.294. The Kier molecular flexibility index (Phi) is 4.99. The summed E-state index contributed by atoms with van der Waals surface area (Å²) in [6, 6.07) is 11.0. The summed E-state index contributed by atoms with van der Waals surface area (Å²) in [7, 11) is 5.55. The van der Waals surface area contributed by atoms with Gasteiger partial charge in [-0.05, 0) is 12.1 Å². The van der Waals surface area contributed by atoms with Crippen molar-refractivity contribution in [3.63, 3.8) is 0 Å². The van der Waals surface area contributed by atoms with Crippen LogP contribution in [-0.4, -0.2) is 27.1 Å². The molecule has 2 aromatic rings. The summed E-state index contributed by atoms with van der Waals surface area (Å²) in [5.41, 5.74) is 1.76. The van der Waals surface area contributed by atoms with Crippen molar-refractivity contribution in [2.24, 2.45) is 0 Å². The molecule has 1 aromatic heterocycles. The monoisotopic (exact) mass is 300 g/mol. The van der Waals surface area contributed by atoms with Crippen LogP contribution in [0.2, 0.25) is 0 Å². The quantitative estimate of drug-likeness (QED) is 0.862. The number of amides is 1. The molecule has 1 aromatic carbocycles. The number of pyridine rings is 1. The van der Waals surface area contributed by atoms with Crippen molar-refractivity contribution in [3.05, 3.63) is 48.8 Å². The number of hydrogen-bond acceptors (Lipinski definition) is 3. The molecule has 0 aliphatic carbocycles. The number of nitrogens with one attached hydrogen (secondary N) is 1. The Morgan fingerprint density at radius 1 is 1.18 bits per heavy atom. The van der Waals surface area contributed by atoms with Crippen LogP contribution >= 0.6 is 0 Å². The molecule has 0 saturated heterocycles. The van der Waals surface area contributed by atoms with Crippen molar-refractivity contribution in [1.82, 2.24) is 0 Å². The third kappa shape index (κ3) is 3.55. The smallest absolute Gasteiger partial charge is 0.293 e. The zero-order chi connectivity index (χ0) is 16.1. The van der Waals surface area contributed by atoms with Crippen LogP contribution in [0.1, 0.15) is 13.0 Å². The van der Waals surface area contributed by atoms with Gasteiger partial charge in [0.05, 0.1) is 12.8 Å². The maximum atomic E-state index is 12.4. The minimum Gasteiger partial charge on any atom is -0.495 e. The average Bonchev–Trinajstić information content (AvgIpc) is 2.54. The number of carbonyl (C=O) groups is 1. The molecule has 2 rings (SSSR count). The van der Waals surface area contributed by atoms with E-state index in [2.05, 4.69) is 5.32 Å². The number of benzene rings is 1. The first kappa shape index (κ1) is 15.8. The predicted molar refractivity (Wildman–Crippen MR) is 87.3 cm³/mol. The zero-order valence-corrected chi connectivity index (χ0v) is 13.4. The molecule has 5 nitrogen and oxygen atoms in total. The molecule has 0 saturated carbocycles. The standard InChI is InChI=1S/C17H21N3O2/c1-13(20-11-9-14(10-12-20)19(2)3)17(21)18-15-7-5-6-8-16(15)22-4/h5-13H,1-4H3/p+1/t13-/m0/s1. The fourth-order valence-electron chi connectivity index (χ4n) is 2.11. The Labute approximate surface area is 131 Å². The van der Waals surface area contributed by atoms with E-state index in [0.717, 1.165) is 5.69 Å². The third-order valence-corrected chi connectivity index (χ3v) is 3.54. The van der Waals surface area contributed by atoms with Gasteiger partial charge in [-0.2, -0.15) is 4.57 Å². The molecule has 0 aliphatic heterocycles. The highest BCUT2D eigenvalue weighted by Gasteiger charge is 2.22. The van der Waals surface area contributed by atoms with Gasteiger partial charge in [-0.25, -0.2) is 0 Å². The van der Waals surface area contributed by atoms with Crippen LogP contribution in [0.4, 0.5) is 11.4 Å². The van der Waals surface area contributed by atoms with E-state index >= 15 is 0 Å². The van der Waals surface area contributed by atoms with Crippen molar-refractivity contribution in [2.75, 3.05) is 31.4 Å². The molecular formula is C17H22N3O2+. The molecule has 0 spiro atoms. The summed E-state index contributed by atoms with van der Waals surface area (Å²) in [6.07, 6.45) is 3.81. The molecule has 22 heavy (non-hydrogen) atoms. The lowest BCUT2D eigenvalue weighted by Gasteiger charge is -2.13. The number of carbonyl (C=O) groups excluding carboxylic acids is 1. The van der Waals surface area contributed by atoms with Gasteiger partial charge in [0.25, 0.3) is 5.91 Å². The van der Waals surface area contributed by atoms with Gasteiger partial charge in [0, 0.05) is 38.8 Å². The van der Waals surface area contributed by atoms with Crippen LogP contribution < -0.4 is 19.5 Å². The lowest BCUT2D eigenvalue weighted by molar-refractivity contribution is -0.705. The van der Waals surface area contributed by atoms with E-state index in [-0.39, 0.29) is 11.9 Å².